The van der Waals surface area contributed by atoms with E-state index in [2.05, 4.69) is 10.3 Å². The maximum Gasteiger partial charge on any atom is 0.243 e. The molecule has 3 heterocycles. The molecule has 0 unspecified atom stereocenters. The van der Waals surface area contributed by atoms with Gasteiger partial charge in [0.1, 0.15) is 5.76 Å². The van der Waals surface area contributed by atoms with Crippen LogP contribution in [0.4, 0.5) is 5.13 Å². The van der Waals surface area contributed by atoms with Crippen molar-refractivity contribution in [2.45, 2.75) is 11.4 Å². The normalized spacial score (nSPS) is 15.7. The van der Waals surface area contributed by atoms with Crippen molar-refractivity contribution >= 4 is 26.5 Å². The summed E-state index contributed by atoms with van der Waals surface area (Å²) in [5.41, 5.74) is 1.68. The molecule has 9 heteroatoms. The van der Waals surface area contributed by atoms with Gasteiger partial charge in [0.2, 0.25) is 10.0 Å². The summed E-state index contributed by atoms with van der Waals surface area (Å²) in [7, 11) is -3.48. The Balaban J connectivity index is 1.46. The third kappa shape index (κ3) is 4.06. The largest absolute Gasteiger partial charge is 0.467 e. The van der Waals surface area contributed by atoms with E-state index in [0.29, 0.717) is 37.7 Å². The molecule has 142 valence electrons. The Morgan fingerprint density at radius 2 is 1.93 bits per heavy atom. The van der Waals surface area contributed by atoms with Gasteiger partial charge in [0.15, 0.2) is 5.13 Å². The Morgan fingerprint density at radius 3 is 2.63 bits per heavy atom. The van der Waals surface area contributed by atoms with Crippen LogP contribution >= 0.6 is 11.3 Å². The van der Waals surface area contributed by atoms with E-state index in [0.717, 1.165) is 22.1 Å². The Morgan fingerprint density at radius 1 is 1.15 bits per heavy atom. The van der Waals surface area contributed by atoms with E-state index in [4.69, 9.17) is 9.15 Å². The molecule has 1 saturated heterocycles. The van der Waals surface area contributed by atoms with Gasteiger partial charge in [-0.25, -0.2) is 13.4 Å². The van der Waals surface area contributed by atoms with Crippen LogP contribution in [0.3, 0.4) is 0 Å². The van der Waals surface area contributed by atoms with Gasteiger partial charge in [0.25, 0.3) is 0 Å². The van der Waals surface area contributed by atoms with Crippen molar-refractivity contribution < 1.29 is 17.6 Å². The number of morpholine rings is 1. The van der Waals surface area contributed by atoms with Gasteiger partial charge in [-0.3, -0.25) is 0 Å². The number of benzene rings is 1. The summed E-state index contributed by atoms with van der Waals surface area (Å²) in [6.45, 7) is 2.21. The number of nitrogens with zero attached hydrogens (tertiary/aromatic N) is 2. The fourth-order valence-corrected chi connectivity index (χ4v) is 4.92. The predicted molar refractivity (Wildman–Crippen MR) is 103 cm³/mol. The zero-order valence-electron chi connectivity index (χ0n) is 14.5. The van der Waals surface area contributed by atoms with E-state index in [1.54, 1.807) is 30.5 Å². The molecule has 3 aromatic rings. The summed E-state index contributed by atoms with van der Waals surface area (Å²) in [6.07, 6.45) is 1.64. The maximum absolute atomic E-state index is 12.7. The minimum absolute atomic E-state index is 0.291. The lowest BCUT2D eigenvalue weighted by atomic mass is 10.2. The molecule has 0 aliphatic carbocycles. The lowest BCUT2D eigenvalue weighted by Crippen LogP contribution is -2.40. The Bertz CT molecular complexity index is 976. The molecular weight excluding hydrogens is 386 g/mol. The molecule has 2 aromatic heterocycles. The summed E-state index contributed by atoms with van der Waals surface area (Å²) < 4.78 is 37.3. The van der Waals surface area contributed by atoms with E-state index in [9.17, 15) is 8.42 Å². The Hall–Kier alpha value is -2.20. The Labute approximate surface area is 161 Å². The van der Waals surface area contributed by atoms with Gasteiger partial charge >= 0.3 is 0 Å². The second-order valence-electron chi connectivity index (χ2n) is 6.01. The number of hydrogen-bond donors (Lipinski definition) is 1. The molecule has 1 fully saturated rings. The number of thiazole rings is 1. The van der Waals surface area contributed by atoms with Crippen molar-refractivity contribution in [2.75, 3.05) is 31.6 Å². The Kier molecular flexibility index (Phi) is 5.26. The number of aromatic nitrogens is 1. The van der Waals surface area contributed by atoms with Crippen LogP contribution in [0.25, 0.3) is 11.3 Å². The van der Waals surface area contributed by atoms with Crippen LogP contribution < -0.4 is 5.32 Å². The van der Waals surface area contributed by atoms with Crippen LogP contribution in [-0.4, -0.2) is 44.0 Å². The first-order valence-corrected chi connectivity index (χ1v) is 10.8. The van der Waals surface area contributed by atoms with Crippen LogP contribution in [0.1, 0.15) is 5.76 Å². The number of rotatable bonds is 6. The number of furan rings is 1. The van der Waals surface area contributed by atoms with E-state index in [-0.39, 0.29) is 0 Å². The standard InChI is InChI=1S/C18H19N3O4S2/c22-27(23,21-7-10-24-11-8-21)16-5-3-14(4-6-16)17-13-26-18(20-17)19-12-15-2-1-9-25-15/h1-6,9,13H,7-8,10-12H2,(H,19,20). The van der Waals surface area contributed by atoms with Crippen molar-refractivity contribution in [1.82, 2.24) is 9.29 Å². The fraction of sp³-hybridized carbons (Fsp3) is 0.278. The molecule has 0 amide bonds. The highest BCUT2D eigenvalue weighted by molar-refractivity contribution is 7.89. The number of sulfonamides is 1. The maximum atomic E-state index is 12.7. The molecular formula is C18H19N3O4S2. The minimum atomic E-state index is -3.48. The van der Waals surface area contributed by atoms with E-state index < -0.39 is 10.0 Å². The van der Waals surface area contributed by atoms with Crippen molar-refractivity contribution in [3.63, 3.8) is 0 Å². The first-order chi connectivity index (χ1) is 13.1. The first kappa shape index (κ1) is 18.2. The van der Waals surface area contributed by atoms with Crippen LogP contribution in [0.15, 0.2) is 57.4 Å². The molecule has 1 N–H and O–H groups in total. The zero-order valence-corrected chi connectivity index (χ0v) is 16.1. The summed E-state index contributed by atoms with van der Waals surface area (Å²) in [6, 6.07) is 10.6. The first-order valence-electron chi connectivity index (χ1n) is 8.53. The fourth-order valence-electron chi connectivity index (χ4n) is 2.80. The minimum Gasteiger partial charge on any atom is -0.467 e. The van der Waals surface area contributed by atoms with Crippen molar-refractivity contribution in [2.24, 2.45) is 0 Å². The van der Waals surface area contributed by atoms with Crippen LogP contribution in [0.5, 0.6) is 0 Å². The van der Waals surface area contributed by atoms with E-state index in [1.807, 2.05) is 17.5 Å². The molecule has 0 atom stereocenters. The van der Waals surface area contributed by atoms with Crippen LogP contribution in [0.2, 0.25) is 0 Å². The lowest BCUT2D eigenvalue weighted by molar-refractivity contribution is 0.0730. The highest BCUT2D eigenvalue weighted by Gasteiger charge is 2.26. The topological polar surface area (TPSA) is 84.7 Å². The molecule has 0 spiro atoms. The van der Waals surface area contributed by atoms with Gasteiger partial charge in [-0.2, -0.15) is 4.31 Å². The molecule has 0 saturated carbocycles. The lowest BCUT2D eigenvalue weighted by Gasteiger charge is -2.26. The quantitative estimate of drug-likeness (QED) is 0.679. The van der Waals surface area contributed by atoms with Gasteiger partial charge in [-0.15, -0.1) is 11.3 Å². The SMILES string of the molecule is O=S(=O)(c1ccc(-c2csc(NCc3ccco3)n2)cc1)N1CCOCC1. The molecule has 1 aliphatic heterocycles. The van der Waals surface area contributed by atoms with Crippen molar-refractivity contribution in [1.29, 1.82) is 0 Å². The van der Waals surface area contributed by atoms with Gasteiger partial charge in [-0.05, 0) is 24.3 Å². The van der Waals surface area contributed by atoms with Gasteiger partial charge in [-0.1, -0.05) is 12.1 Å². The smallest absolute Gasteiger partial charge is 0.243 e. The number of nitrogens with one attached hydrogen (secondary N) is 1. The molecule has 4 rings (SSSR count). The van der Waals surface area contributed by atoms with Gasteiger partial charge in [0, 0.05) is 24.0 Å². The molecule has 0 radical (unpaired) electrons. The van der Waals surface area contributed by atoms with Crippen molar-refractivity contribution in [3.05, 3.63) is 53.8 Å². The molecule has 1 aromatic carbocycles. The summed E-state index contributed by atoms with van der Waals surface area (Å²) in [5, 5.41) is 5.94. The average Bonchev–Trinajstić information content (AvgIpc) is 3.39. The second kappa shape index (κ2) is 7.81. The average molecular weight is 406 g/mol. The zero-order chi connectivity index (χ0) is 18.7. The second-order valence-corrected chi connectivity index (χ2v) is 8.81. The van der Waals surface area contributed by atoms with E-state index in [1.165, 1.54) is 15.6 Å². The van der Waals surface area contributed by atoms with Crippen LogP contribution in [-0.2, 0) is 21.3 Å². The molecule has 7 nitrogen and oxygen atoms in total. The van der Waals surface area contributed by atoms with Crippen molar-refractivity contribution in [3.8, 4) is 11.3 Å². The highest BCUT2D eigenvalue weighted by Crippen LogP contribution is 2.27. The summed E-state index contributed by atoms with van der Waals surface area (Å²) in [4.78, 5) is 4.84. The molecule has 27 heavy (non-hydrogen) atoms. The molecule has 0 bridgehead atoms. The van der Waals surface area contributed by atoms with Gasteiger partial charge < -0.3 is 14.5 Å². The third-order valence-corrected chi connectivity index (χ3v) is 6.97. The van der Waals surface area contributed by atoms with Gasteiger partial charge in [0.05, 0.1) is 36.6 Å². The predicted octanol–water partition coefficient (Wildman–Crippen LogP) is 3.04. The highest BCUT2D eigenvalue weighted by atomic mass is 32.2. The monoisotopic (exact) mass is 405 g/mol. The number of ether oxygens (including phenoxy) is 1. The molecule has 1 aliphatic rings. The van der Waals surface area contributed by atoms with E-state index >= 15 is 0 Å². The third-order valence-electron chi connectivity index (χ3n) is 4.26. The van der Waals surface area contributed by atoms with Crippen LogP contribution in [0, 0.1) is 0 Å². The summed E-state index contributed by atoms with van der Waals surface area (Å²) in [5.74, 6) is 0.837. The number of anilines is 1. The number of hydrogen-bond acceptors (Lipinski definition) is 7. The summed E-state index contributed by atoms with van der Waals surface area (Å²) >= 11 is 1.49.